The molecule has 0 aliphatic carbocycles. The lowest BCUT2D eigenvalue weighted by molar-refractivity contribution is -0.129. The normalized spacial score (nSPS) is 18.1. The highest BCUT2D eigenvalue weighted by molar-refractivity contribution is 7.89. The Bertz CT molecular complexity index is 1500. The molecule has 1 fully saturated rings. The number of furan rings is 1. The van der Waals surface area contributed by atoms with E-state index in [0.29, 0.717) is 29.7 Å². The van der Waals surface area contributed by atoms with Crippen LogP contribution in [0.1, 0.15) is 49.2 Å². The van der Waals surface area contributed by atoms with Crippen molar-refractivity contribution in [1.82, 2.24) is 19.9 Å². The second-order valence-electron chi connectivity index (χ2n) is 9.93. The number of hydrogen-bond donors (Lipinski definition) is 2. The van der Waals surface area contributed by atoms with Gasteiger partial charge in [0.15, 0.2) is 16.6 Å². The zero-order chi connectivity index (χ0) is 29.0. The molecule has 1 saturated heterocycles. The number of fused-ring (bicyclic) bond motifs is 1. The first kappa shape index (κ1) is 29.2. The predicted octanol–water partition coefficient (Wildman–Crippen LogP) is 2.83. The Kier molecular flexibility index (Phi) is 8.89. The van der Waals surface area contributed by atoms with Gasteiger partial charge in [-0.2, -0.15) is 4.31 Å². The van der Waals surface area contributed by atoms with Crippen LogP contribution in [0.4, 0.5) is 0 Å². The summed E-state index contributed by atoms with van der Waals surface area (Å²) >= 11 is 0. The number of aromatic nitrogens is 1. The topological polar surface area (TPSA) is 148 Å². The van der Waals surface area contributed by atoms with E-state index < -0.39 is 39.7 Å². The maximum Gasteiger partial charge on any atom is 0.287 e. The fraction of sp³-hybridized carbons (Fsp3) is 0.429. The maximum absolute atomic E-state index is 13.4. The molecule has 214 valence electrons. The van der Waals surface area contributed by atoms with Gasteiger partial charge in [-0.3, -0.25) is 14.4 Å². The second-order valence-corrected chi connectivity index (χ2v) is 11.8. The number of amides is 2. The zero-order valence-corrected chi connectivity index (χ0v) is 23.8. The molecule has 2 aromatic heterocycles. The van der Waals surface area contributed by atoms with Gasteiger partial charge in [0.1, 0.15) is 17.4 Å². The lowest BCUT2D eigenvalue weighted by Crippen LogP contribution is -2.54. The van der Waals surface area contributed by atoms with Crippen LogP contribution in [0.5, 0.6) is 5.75 Å². The molecule has 1 aliphatic heterocycles. The summed E-state index contributed by atoms with van der Waals surface area (Å²) in [5, 5.41) is 6.14. The fourth-order valence-corrected chi connectivity index (χ4v) is 6.08. The summed E-state index contributed by atoms with van der Waals surface area (Å²) in [5.41, 5.74) is 1.13. The van der Waals surface area contributed by atoms with Gasteiger partial charge in [0.05, 0.1) is 19.7 Å². The van der Waals surface area contributed by atoms with Crippen LogP contribution in [-0.4, -0.2) is 67.6 Å². The molecule has 1 aromatic carbocycles. The first-order valence-electron chi connectivity index (χ1n) is 13.2. The van der Waals surface area contributed by atoms with E-state index in [1.807, 2.05) is 13.8 Å². The molecule has 3 atom stereocenters. The largest absolute Gasteiger partial charge is 0.497 e. The summed E-state index contributed by atoms with van der Waals surface area (Å²) < 4.78 is 38.1. The van der Waals surface area contributed by atoms with E-state index in [4.69, 9.17) is 9.15 Å². The van der Waals surface area contributed by atoms with E-state index in [9.17, 15) is 22.8 Å². The molecule has 0 spiro atoms. The van der Waals surface area contributed by atoms with Crippen LogP contribution in [0.25, 0.3) is 11.0 Å². The number of aryl methyl sites for hydroxylation is 1. The van der Waals surface area contributed by atoms with Gasteiger partial charge in [0.2, 0.25) is 5.91 Å². The first-order valence-corrected chi connectivity index (χ1v) is 14.6. The maximum atomic E-state index is 13.4. The molecule has 2 amide bonds. The molecule has 1 unspecified atom stereocenters. The van der Waals surface area contributed by atoms with E-state index in [1.54, 1.807) is 44.4 Å². The number of hydrogen-bond acceptors (Lipinski definition) is 8. The molecular formula is C28H34N4O7S. The molecule has 3 heterocycles. The summed E-state index contributed by atoms with van der Waals surface area (Å²) in [6, 6.07) is 7.94. The molecular weight excluding hydrogens is 536 g/mol. The van der Waals surface area contributed by atoms with E-state index >= 15 is 0 Å². The monoisotopic (exact) mass is 570 g/mol. The van der Waals surface area contributed by atoms with Crippen molar-refractivity contribution >= 4 is 38.6 Å². The first-order chi connectivity index (χ1) is 19.1. The molecule has 12 heteroatoms. The van der Waals surface area contributed by atoms with Crippen LogP contribution in [-0.2, 0) is 19.6 Å². The van der Waals surface area contributed by atoms with Crippen LogP contribution in [0.15, 0.2) is 52.0 Å². The Morgan fingerprint density at radius 1 is 1.25 bits per heavy atom. The molecule has 40 heavy (non-hydrogen) atoms. The highest BCUT2D eigenvalue weighted by Gasteiger charge is 2.36. The van der Waals surface area contributed by atoms with Crippen molar-refractivity contribution in [3.05, 3.63) is 53.9 Å². The van der Waals surface area contributed by atoms with E-state index in [-0.39, 0.29) is 36.2 Å². The minimum atomic E-state index is -3.96. The average Bonchev–Trinajstić information content (AvgIpc) is 3.17. The third-order valence-electron chi connectivity index (χ3n) is 7.31. The number of pyridine rings is 1. The third-order valence-corrected chi connectivity index (χ3v) is 9.07. The number of rotatable bonds is 9. The SMILES string of the molecule is CC[C@@H](C)[C@H](NC(=O)c1oc2ccc(OC)cc2c1C)C(=O)NC1CCCN(S(=O)(=O)c2ccccn2)CC1=O. The summed E-state index contributed by atoms with van der Waals surface area (Å²) in [7, 11) is -2.41. The minimum absolute atomic E-state index is 0.0882. The number of benzene rings is 1. The Hall–Kier alpha value is -3.77. The molecule has 11 nitrogen and oxygen atoms in total. The summed E-state index contributed by atoms with van der Waals surface area (Å²) in [5.74, 6) is -1.03. The fourth-order valence-electron chi connectivity index (χ4n) is 4.70. The quantitative estimate of drug-likeness (QED) is 0.399. The van der Waals surface area contributed by atoms with Crippen LogP contribution < -0.4 is 15.4 Å². The summed E-state index contributed by atoms with van der Waals surface area (Å²) in [6.07, 6.45) is 2.60. The molecule has 0 radical (unpaired) electrons. The number of ether oxygens (including phenoxy) is 1. The minimum Gasteiger partial charge on any atom is -0.497 e. The van der Waals surface area contributed by atoms with Crippen molar-refractivity contribution in [2.45, 2.75) is 57.1 Å². The van der Waals surface area contributed by atoms with Gasteiger partial charge in [0.25, 0.3) is 15.9 Å². The average molecular weight is 571 g/mol. The van der Waals surface area contributed by atoms with Crippen molar-refractivity contribution < 1.29 is 32.0 Å². The number of Topliss-reactive ketones (excluding diaryl/α,β-unsaturated/α-hetero) is 1. The number of ketones is 1. The van der Waals surface area contributed by atoms with Crippen molar-refractivity contribution in [3.8, 4) is 5.75 Å². The zero-order valence-electron chi connectivity index (χ0n) is 23.0. The third kappa shape index (κ3) is 6.02. The van der Waals surface area contributed by atoms with Crippen LogP contribution in [0, 0.1) is 12.8 Å². The lowest BCUT2D eigenvalue weighted by atomic mass is 9.97. The Balaban J connectivity index is 1.48. The summed E-state index contributed by atoms with van der Waals surface area (Å²) in [6.45, 7) is 5.22. The highest BCUT2D eigenvalue weighted by Crippen LogP contribution is 2.29. The van der Waals surface area contributed by atoms with Gasteiger partial charge in [-0.05, 0) is 56.0 Å². The lowest BCUT2D eigenvalue weighted by Gasteiger charge is -2.25. The number of sulfonamides is 1. The van der Waals surface area contributed by atoms with Gasteiger partial charge in [-0.25, -0.2) is 13.4 Å². The van der Waals surface area contributed by atoms with Gasteiger partial charge >= 0.3 is 0 Å². The van der Waals surface area contributed by atoms with Crippen LogP contribution >= 0.6 is 0 Å². The Morgan fingerprint density at radius 2 is 2.02 bits per heavy atom. The van der Waals surface area contributed by atoms with E-state index in [0.717, 1.165) is 9.69 Å². The Labute approximate surface area is 233 Å². The van der Waals surface area contributed by atoms with E-state index in [2.05, 4.69) is 15.6 Å². The number of nitrogens with zero attached hydrogens (tertiary/aromatic N) is 2. The van der Waals surface area contributed by atoms with Crippen molar-refractivity contribution in [2.24, 2.45) is 5.92 Å². The van der Waals surface area contributed by atoms with Crippen molar-refractivity contribution in [1.29, 1.82) is 0 Å². The van der Waals surface area contributed by atoms with Gasteiger partial charge in [-0.15, -0.1) is 0 Å². The van der Waals surface area contributed by atoms with Gasteiger partial charge in [-0.1, -0.05) is 26.3 Å². The summed E-state index contributed by atoms with van der Waals surface area (Å²) in [4.78, 5) is 43.7. The number of carbonyl (C=O) groups is 3. The number of carbonyl (C=O) groups excluding carboxylic acids is 3. The van der Waals surface area contributed by atoms with Gasteiger partial charge in [0, 0.05) is 23.7 Å². The highest BCUT2D eigenvalue weighted by atomic mass is 32.2. The number of methoxy groups -OCH3 is 1. The molecule has 1 aliphatic rings. The van der Waals surface area contributed by atoms with E-state index in [1.165, 1.54) is 12.3 Å². The standard InChI is InChI=1S/C28H34N4O7S/c1-5-17(2)25(31-28(35)26-18(3)20-15-19(38-4)11-12-23(20)39-26)27(34)30-21-9-8-14-32(16-22(21)33)40(36,37)24-10-6-7-13-29-24/h6-7,10-13,15,17,21,25H,5,8-9,14,16H2,1-4H3,(H,30,34)(H,31,35)/t17-,21?,25+/m1/s1. The van der Waals surface area contributed by atoms with Gasteiger partial charge < -0.3 is 19.8 Å². The number of nitrogens with one attached hydrogen (secondary N) is 2. The molecule has 0 saturated carbocycles. The smallest absolute Gasteiger partial charge is 0.287 e. The molecule has 2 N–H and O–H groups in total. The van der Waals surface area contributed by atoms with Crippen molar-refractivity contribution in [3.63, 3.8) is 0 Å². The second kappa shape index (κ2) is 12.2. The van der Waals surface area contributed by atoms with Crippen LogP contribution in [0.2, 0.25) is 0 Å². The predicted molar refractivity (Wildman–Crippen MR) is 147 cm³/mol. The van der Waals surface area contributed by atoms with Crippen LogP contribution in [0.3, 0.4) is 0 Å². The Morgan fingerprint density at radius 3 is 2.70 bits per heavy atom. The molecule has 0 bridgehead atoms. The van der Waals surface area contributed by atoms with Crippen molar-refractivity contribution in [2.75, 3.05) is 20.2 Å². The molecule has 4 rings (SSSR count). The molecule has 3 aromatic rings.